The van der Waals surface area contributed by atoms with Crippen molar-refractivity contribution in [2.24, 2.45) is 77.8 Å². The number of rotatable bonds is 15. The zero-order chi connectivity index (χ0) is 54.9. The van der Waals surface area contributed by atoms with Gasteiger partial charge in [-0.05, 0) is 193 Å². The number of carbonyl (C=O) groups excluding carboxylic acids is 5. The second kappa shape index (κ2) is 25.2. The first-order valence-corrected chi connectivity index (χ1v) is 28.0. The Bertz CT molecular complexity index is 1730. The first-order chi connectivity index (χ1) is 31.6. The number of Topliss-reactive ketones (excluding diaryl/α,β-unsaturated/α-hetero) is 5. The summed E-state index contributed by atoms with van der Waals surface area (Å²) in [6.07, 6.45) is 16.4. The fourth-order valence-corrected chi connectivity index (χ4v) is 15.6. The Morgan fingerprint density at radius 2 is 1.00 bits per heavy atom. The Labute approximate surface area is 433 Å². The van der Waals surface area contributed by atoms with Crippen molar-refractivity contribution >= 4 is 28.9 Å². The largest absolute Gasteiger partial charge is 0.319 e. The molecule has 0 aromatic rings. The van der Waals surface area contributed by atoms with Crippen LogP contribution in [0.25, 0.3) is 0 Å². The van der Waals surface area contributed by atoms with Crippen LogP contribution in [0.5, 0.6) is 0 Å². The third-order valence-corrected chi connectivity index (χ3v) is 20.9. The van der Waals surface area contributed by atoms with Crippen molar-refractivity contribution in [2.75, 3.05) is 34.2 Å². The molecule has 0 radical (unpaired) electrons. The summed E-state index contributed by atoms with van der Waals surface area (Å²) in [5.41, 5.74) is 2.62. The van der Waals surface area contributed by atoms with Gasteiger partial charge in [0.15, 0.2) is 0 Å². The fraction of sp³-hybridized carbons (Fsp3) is 0.919. The summed E-state index contributed by atoms with van der Waals surface area (Å²) >= 11 is 0. The molecule has 3 N–H and O–H groups in total. The molecule has 0 aliphatic heterocycles. The maximum Gasteiger partial charge on any atom is 0.136 e. The molecule has 410 valence electrons. The molecule has 0 saturated heterocycles. The Balaban J connectivity index is 0.000000437. The maximum atomic E-state index is 11.7. The molecule has 10 atom stereocenters. The van der Waals surface area contributed by atoms with Crippen LogP contribution in [0.15, 0.2) is 0 Å². The molecule has 0 aromatic carbocycles. The van der Waals surface area contributed by atoms with E-state index in [4.69, 9.17) is 0 Å². The first kappa shape index (κ1) is 66.2. The van der Waals surface area contributed by atoms with Crippen LogP contribution in [0, 0.1) is 77.8 Å². The van der Waals surface area contributed by atoms with Crippen LogP contribution >= 0.6 is 0 Å². The summed E-state index contributed by atoms with van der Waals surface area (Å²) in [4.78, 5) is 56.8. The number of nitrogens with one attached hydrogen (secondary N) is 3. The monoisotopic (exact) mass is 984 g/mol. The van der Waals surface area contributed by atoms with E-state index >= 15 is 0 Å². The lowest BCUT2D eigenvalue weighted by Crippen LogP contribution is -2.41. The summed E-state index contributed by atoms with van der Waals surface area (Å²) in [6.45, 7) is 49.4. The SMILES string of the molecule is CCC1(C)CC(CC(C)=O)C(C)(C)C1.CCC1(C)CCC(CC(C)=O)C1(C)C.CNC1CC(C)(CC(C)=O)CC1(C)C.CNCC1(C)CC(C(C)=O)C(C)(C)C1.CNCC1CCC(C)(C(C)=O)C1(C)C. The van der Waals surface area contributed by atoms with Crippen molar-refractivity contribution in [2.45, 2.75) is 255 Å². The second-order valence-corrected chi connectivity index (χ2v) is 29.1. The van der Waals surface area contributed by atoms with Crippen LogP contribution < -0.4 is 16.0 Å². The topological polar surface area (TPSA) is 121 Å². The normalized spacial score (nSPS) is 35.9. The highest BCUT2D eigenvalue weighted by Crippen LogP contribution is 2.60. The predicted octanol–water partition coefficient (Wildman–Crippen LogP) is 14.5. The third-order valence-electron chi connectivity index (χ3n) is 20.9. The molecule has 10 unspecified atom stereocenters. The van der Waals surface area contributed by atoms with E-state index in [2.05, 4.69) is 134 Å². The zero-order valence-corrected chi connectivity index (χ0v) is 50.9. The van der Waals surface area contributed by atoms with Crippen molar-refractivity contribution < 1.29 is 24.0 Å². The molecule has 5 aliphatic carbocycles. The molecular weight excluding hydrogens is 867 g/mol. The van der Waals surface area contributed by atoms with Gasteiger partial charge >= 0.3 is 0 Å². The van der Waals surface area contributed by atoms with Gasteiger partial charge in [-0.3, -0.25) is 9.59 Å². The molecule has 0 amide bonds. The smallest absolute Gasteiger partial charge is 0.136 e. The highest BCUT2D eigenvalue weighted by Gasteiger charge is 2.54. The lowest BCUT2D eigenvalue weighted by Gasteiger charge is -2.41. The van der Waals surface area contributed by atoms with Gasteiger partial charge in [-0.1, -0.05) is 131 Å². The van der Waals surface area contributed by atoms with Crippen LogP contribution in [-0.4, -0.2) is 69.2 Å². The Morgan fingerprint density at radius 1 is 0.500 bits per heavy atom. The summed E-state index contributed by atoms with van der Waals surface area (Å²) in [5.74, 6) is 3.81. The third kappa shape index (κ3) is 16.9. The van der Waals surface area contributed by atoms with E-state index in [1.54, 1.807) is 34.6 Å². The van der Waals surface area contributed by atoms with Gasteiger partial charge in [0.05, 0.1) is 0 Å². The highest BCUT2D eigenvalue weighted by molar-refractivity contribution is 5.83. The summed E-state index contributed by atoms with van der Waals surface area (Å²) < 4.78 is 0. The van der Waals surface area contributed by atoms with Crippen molar-refractivity contribution in [1.29, 1.82) is 0 Å². The van der Waals surface area contributed by atoms with Crippen molar-refractivity contribution in [3.8, 4) is 0 Å². The Hall–Kier alpha value is -1.77. The van der Waals surface area contributed by atoms with E-state index in [0.29, 0.717) is 85.2 Å². The fourth-order valence-electron chi connectivity index (χ4n) is 15.6. The number of carbonyl (C=O) groups is 5. The average Bonchev–Trinajstić information content (AvgIpc) is 3.85. The predicted molar refractivity (Wildman–Crippen MR) is 298 cm³/mol. The van der Waals surface area contributed by atoms with E-state index < -0.39 is 0 Å². The van der Waals surface area contributed by atoms with Crippen molar-refractivity contribution in [3.63, 3.8) is 0 Å². The molecule has 5 saturated carbocycles. The van der Waals surface area contributed by atoms with Crippen LogP contribution in [0.1, 0.15) is 249 Å². The minimum Gasteiger partial charge on any atom is -0.319 e. The van der Waals surface area contributed by atoms with Gasteiger partial charge < -0.3 is 30.3 Å². The lowest BCUT2D eigenvalue weighted by atomic mass is 9.64. The molecule has 8 heteroatoms. The van der Waals surface area contributed by atoms with Crippen molar-refractivity contribution in [1.82, 2.24) is 16.0 Å². The zero-order valence-electron chi connectivity index (χ0n) is 50.9. The molecular formula is C62H117N3O5. The number of hydrogen-bond donors (Lipinski definition) is 3. The van der Waals surface area contributed by atoms with Crippen LogP contribution in [0.2, 0.25) is 0 Å². The average molecular weight is 985 g/mol. The minimum atomic E-state index is -0.117. The van der Waals surface area contributed by atoms with Gasteiger partial charge in [-0.25, -0.2) is 0 Å². The van der Waals surface area contributed by atoms with Crippen LogP contribution in [0.3, 0.4) is 0 Å². The molecule has 70 heavy (non-hydrogen) atoms. The van der Waals surface area contributed by atoms with Gasteiger partial charge in [-0.15, -0.1) is 0 Å². The van der Waals surface area contributed by atoms with Crippen LogP contribution in [0.4, 0.5) is 0 Å². The number of ketones is 5. The second-order valence-electron chi connectivity index (χ2n) is 29.1. The molecule has 5 rings (SSSR count). The molecule has 0 aromatic heterocycles. The summed E-state index contributed by atoms with van der Waals surface area (Å²) in [5, 5.41) is 9.84. The van der Waals surface area contributed by atoms with Crippen LogP contribution in [-0.2, 0) is 24.0 Å². The highest BCUT2D eigenvalue weighted by atomic mass is 16.1. The Kier molecular flexibility index (Phi) is 23.8. The number of hydrogen-bond acceptors (Lipinski definition) is 8. The molecule has 5 fully saturated rings. The van der Waals surface area contributed by atoms with Crippen molar-refractivity contribution in [3.05, 3.63) is 0 Å². The maximum absolute atomic E-state index is 11.7. The standard InChI is InChI=1S/2C13H24O.3C12H23NO/c1-6-13(5)8-11(7-10(2)14)12(3,4)9-13;1-6-13(5)8-7-11(9-10(2)14)12(13,3)4;1-9(14)10-6-12(4,8-13-5)7-11(10,2)3;1-9(14)6-12(4)7-10(13-5)11(2,3)8-12;1-9(14)12(4)7-6-10(8-13-5)11(12,2)3/h2*11H,6-9H2,1-5H3;3*10,13H,6-8H2,1-5H3. The molecule has 5 aliphatic rings. The van der Waals surface area contributed by atoms with Gasteiger partial charge in [0, 0.05) is 43.2 Å². The minimum absolute atomic E-state index is 0.117. The van der Waals surface area contributed by atoms with Gasteiger partial charge in [0.1, 0.15) is 28.9 Å². The van der Waals surface area contributed by atoms with E-state index in [0.717, 1.165) is 64.5 Å². The summed E-state index contributed by atoms with van der Waals surface area (Å²) in [7, 11) is 5.99. The van der Waals surface area contributed by atoms with Gasteiger partial charge in [0.2, 0.25) is 0 Å². The van der Waals surface area contributed by atoms with E-state index in [9.17, 15) is 24.0 Å². The van der Waals surface area contributed by atoms with Gasteiger partial charge in [0.25, 0.3) is 0 Å². The molecule has 0 heterocycles. The molecule has 8 nitrogen and oxygen atoms in total. The van der Waals surface area contributed by atoms with E-state index in [1.165, 1.54) is 44.9 Å². The molecule has 0 bridgehead atoms. The van der Waals surface area contributed by atoms with Gasteiger partial charge in [-0.2, -0.15) is 0 Å². The van der Waals surface area contributed by atoms with E-state index in [1.807, 2.05) is 21.1 Å². The summed E-state index contributed by atoms with van der Waals surface area (Å²) in [6, 6.07) is 0.548. The van der Waals surface area contributed by atoms with E-state index in [-0.39, 0.29) is 27.6 Å². The lowest BCUT2D eigenvalue weighted by molar-refractivity contribution is -0.131. The molecule has 0 spiro atoms. The quantitative estimate of drug-likeness (QED) is 0.148. The first-order valence-electron chi connectivity index (χ1n) is 28.0. The Morgan fingerprint density at radius 3 is 1.36 bits per heavy atom.